The van der Waals surface area contributed by atoms with Crippen LogP contribution in [0.2, 0.25) is 0 Å². The third-order valence-corrected chi connectivity index (χ3v) is 1.96. The Morgan fingerprint density at radius 2 is 2.29 bits per heavy atom. The third-order valence-electron chi connectivity index (χ3n) is 1.96. The number of ketones is 1. The minimum atomic E-state index is 0.270. The quantitative estimate of drug-likeness (QED) is 0.701. The molecule has 3 heteroatoms. The molecule has 14 heavy (non-hydrogen) atoms. The Balaban J connectivity index is 2.35. The Hall–Kier alpha value is -1.22. The number of hydrogen-bond acceptors (Lipinski definition) is 3. The van der Waals surface area contributed by atoms with Crippen molar-refractivity contribution in [2.45, 2.75) is 12.8 Å². The van der Waals surface area contributed by atoms with E-state index in [1.807, 2.05) is 31.1 Å². The van der Waals surface area contributed by atoms with Crippen molar-refractivity contribution < 1.29 is 4.79 Å². The van der Waals surface area contributed by atoms with E-state index >= 15 is 0 Å². The molecule has 0 aliphatic carbocycles. The molecule has 1 aromatic rings. The van der Waals surface area contributed by atoms with Gasteiger partial charge in [-0.2, -0.15) is 0 Å². The minimum absolute atomic E-state index is 0.270. The van der Waals surface area contributed by atoms with E-state index in [9.17, 15) is 4.79 Å². The van der Waals surface area contributed by atoms with Crippen LogP contribution in [0.4, 0.5) is 0 Å². The highest BCUT2D eigenvalue weighted by molar-refractivity contribution is 5.80. The molecular weight excluding hydrogens is 176 g/mol. The maximum Gasteiger partial charge on any atom is 0.138 e. The fraction of sp³-hybridized carbons (Fsp3) is 0.455. The summed E-state index contributed by atoms with van der Waals surface area (Å²) in [6.07, 6.45) is 4.57. The fourth-order valence-electron chi connectivity index (χ4n) is 1.17. The van der Waals surface area contributed by atoms with Gasteiger partial charge in [0.05, 0.1) is 0 Å². The van der Waals surface area contributed by atoms with Gasteiger partial charge in [0.1, 0.15) is 5.78 Å². The summed E-state index contributed by atoms with van der Waals surface area (Å²) in [7, 11) is 3.94. The number of carbonyl (C=O) groups excluding carboxylic acids is 1. The number of Topliss-reactive ketones (excluding diaryl/α,β-unsaturated/α-hetero) is 1. The summed E-state index contributed by atoms with van der Waals surface area (Å²) in [5, 5.41) is 0. The molecular formula is C11H16N2O. The van der Waals surface area contributed by atoms with Crippen LogP contribution < -0.4 is 0 Å². The van der Waals surface area contributed by atoms with E-state index in [2.05, 4.69) is 4.98 Å². The average molecular weight is 192 g/mol. The molecule has 1 heterocycles. The van der Waals surface area contributed by atoms with E-state index in [-0.39, 0.29) is 5.78 Å². The first kappa shape index (κ1) is 10.9. The van der Waals surface area contributed by atoms with Crippen molar-refractivity contribution in [1.29, 1.82) is 0 Å². The van der Waals surface area contributed by atoms with Gasteiger partial charge in [-0.05, 0) is 25.7 Å². The predicted octanol–water partition coefficient (Wildman–Crippen LogP) is 1.14. The lowest BCUT2D eigenvalue weighted by molar-refractivity contribution is -0.118. The van der Waals surface area contributed by atoms with E-state index in [0.29, 0.717) is 12.8 Å². The molecule has 0 aliphatic rings. The van der Waals surface area contributed by atoms with E-state index in [4.69, 9.17) is 0 Å². The van der Waals surface area contributed by atoms with Crippen molar-refractivity contribution in [3.8, 4) is 0 Å². The van der Waals surface area contributed by atoms with Crippen molar-refractivity contribution in [3.05, 3.63) is 30.1 Å². The summed E-state index contributed by atoms with van der Waals surface area (Å²) in [6, 6.07) is 3.79. The second-order valence-corrected chi connectivity index (χ2v) is 3.63. The normalized spacial score (nSPS) is 10.5. The first-order valence-electron chi connectivity index (χ1n) is 4.74. The summed E-state index contributed by atoms with van der Waals surface area (Å²) in [5.74, 6) is 0.270. The van der Waals surface area contributed by atoms with Crippen LogP contribution in [0, 0.1) is 0 Å². The molecule has 0 aliphatic heterocycles. The molecule has 3 nitrogen and oxygen atoms in total. The van der Waals surface area contributed by atoms with Crippen molar-refractivity contribution in [3.63, 3.8) is 0 Å². The van der Waals surface area contributed by atoms with Gasteiger partial charge in [-0.25, -0.2) is 0 Å². The molecule has 0 saturated heterocycles. The number of nitrogens with zero attached hydrogens (tertiary/aromatic N) is 2. The standard InChI is InChI=1S/C11H16N2O/c1-13(2)7-5-11(14)8-10-4-3-6-12-9-10/h3-4,6,9H,5,7-8H2,1-2H3. The zero-order valence-corrected chi connectivity index (χ0v) is 8.73. The first-order chi connectivity index (χ1) is 6.68. The van der Waals surface area contributed by atoms with Crippen LogP contribution in [-0.2, 0) is 11.2 Å². The number of aromatic nitrogens is 1. The Morgan fingerprint density at radius 1 is 1.50 bits per heavy atom. The second kappa shape index (κ2) is 5.50. The molecule has 76 valence electrons. The Morgan fingerprint density at radius 3 is 2.86 bits per heavy atom. The van der Waals surface area contributed by atoms with Gasteiger partial charge in [-0.15, -0.1) is 0 Å². The summed E-state index contributed by atoms with van der Waals surface area (Å²) < 4.78 is 0. The van der Waals surface area contributed by atoms with Gasteiger partial charge in [0.25, 0.3) is 0 Å². The number of hydrogen-bond donors (Lipinski definition) is 0. The number of carbonyl (C=O) groups is 1. The smallest absolute Gasteiger partial charge is 0.138 e. The highest BCUT2D eigenvalue weighted by atomic mass is 16.1. The van der Waals surface area contributed by atoms with E-state index in [1.54, 1.807) is 12.4 Å². The van der Waals surface area contributed by atoms with Crippen LogP contribution in [0.1, 0.15) is 12.0 Å². The topological polar surface area (TPSA) is 33.2 Å². The molecule has 1 aromatic heterocycles. The molecule has 0 spiro atoms. The fourth-order valence-corrected chi connectivity index (χ4v) is 1.17. The highest BCUT2D eigenvalue weighted by Gasteiger charge is 2.03. The monoisotopic (exact) mass is 192 g/mol. The lowest BCUT2D eigenvalue weighted by atomic mass is 10.1. The van der Waals surface area contributed by atoms with Gasteiger partial charge in [-0.3, -0.25) is 9.78 Å². The summed E-state index contributed by atoms with van der Waals surface area (Å²) in [4.78, 5) is 17.4. The molecule has 0 unspecified atom stereocenters. The molecule has 0 atom stereocenters. The van der Waals surface area contributed by atoms with Gasteiger partial charge < -0.3 is 4.90 Å². The maximum atomic E-state index is 11.5. The first-order valence-corrected chi connectivity index (χ1v) is 4.74. The molecule has 0 amide bonds. The van der Waals surface area contributed by atoms with Crippen LogP contribution in [0.3, 0.4) is 0 Å². The van der Waals surface area contributed by atoms with Crippen molar-refractivity contribution in [1.82, 2.24) is 9.88 Å². The third kappa shape index (κ3) is 4.14. The molecule has 0 aromatic carbocycles. The van der Waals surface area contributed by atoms with Gasteiger partial charge in [0.15, 0.2) is 0 Å². The van der Waals surface area contributed by atoms with Gasteiger partial charge in [-0.1, -0.05) is 6.07 Å². The van der Waals surface area contributed by atoms with E-state index in [1.165, 1.54) is 0 Å². The second-order valence-electron chi connectivity index (χ2n) is 3.63. The van der Waals surface area contributed by atoms with Crippen LogP contribution >= 0.6 is 0 Å². The van der Waals surface area contributed by atoms with Gasteiger partial charge >= 0.3 is 0 Å². The summed E-state index contributed by atoms with van der Waals surface area (Å²) in [5.41, 5.74) is 0.997. The van der Waals surface area contributed by atoms with Crippen LogP contribution in [0.15, 0.2) is 24.5 Å². The molecule has 0 radical (unpaired) electrons. The maximum absolute atomic E-state index is 11.5. The van der Waals surface area contributed by atoms with Crippen molar-refractivity contribution in [2.24, 2.45) is 0 Å². The highest BCUT2D eigenvalue weighted by Crippen LogP contribution is 2.00. The lowest BCUT2D eigenvalue weighted by Crippen LogP contribution is -2.17. The lowest BCUT2D eigenvalue weighted by Gasteiger charge is -2.07. The Kier molecular flexibility index (Phi) is 4.26. The Labute approximate surface area is 84.8 Å². The summed E-state index contributed by atoms with van der Waals surface area (Å²) in [6.45, 7) is 0.819. The average Bonchev–Trinajstić information content (AvgIpc) is 2.16. The largest absolute Gasteiger partial charge is 0.309 e. The molecule has 1 rings (SSSR count). The van der Waals surface area contributed by atoms with E-state index in [0.717, 1.165) is 12.1 Å². The predicted molar refractivity (Wildman–Crippen MR) is 56.1 cm³/mol. The number of rotatable bonds is 5. The zero-order chi connectivity index (χ0) is 10.4. The van der Waals surface area contributed by atoms with E-state index < -0.39 is 0 Å². The van der Waals surface area contributed by atoms with Gasteiger partial charge in [0, 0.05) is 31.8 Å². The van der Waals surface area contributed by atoms with Crippen molar-refractivity contribution in [2.75, 3.05) is 20.6 Å². The van der Waals surface area contributed by atoms with Crippen molar-refractivity contribution >= 4 is 5.78 Å². The molecule has 0 fully saturated rings. The zero-order valence-electron chi connectivity index (χ0n) is 8.73. The molecule has 0 bridgehead atoms. The molecule has 0 saturated carbocycles. The molecule has 0 N–H and O–H groups in total. The van der Waals surface area contributed by atoms with Gasteiger partial charge in [0.2, 0.25) is 0 Å². The Bertz CT molecular complexity index is 283. The van der Waals surface area contributed by atoms with Crippen LogP contribution in [0.5, 0.6) is 0 Å². The van der Waals surface area contributed by atoms with Crippen LogP contribution in [0.25, 0.3) is 0 Å². The number of pyridine rings is 1. The minimum Gasteiger partial charge on any atom is -0.309 e. The summed E-state index contributed by atoms with van der Waals surface area (Å²) >= 11 is 0. The van der Waals surface area contributed by atoms with Crippen LogP contribution in [-0.4, -0.2) is 36.3 Å². The SMILES string of the molecule is CN(C)CCC(=O)Cc1cccnc1.